The van der Waals surface area contributed by atoms with Gasteiger partial charge < -0.3 is 9.47 Å². The van der Waals surface area contributed by atoms with Crippen LogP contribution in [-0.4, -0.2) is 21.8 Å². The van der Waals surface area contributed by atoms with Gasteiger partial charge in [-0.1, -0.05) is 103 Å². The summed E-state index contributed by atoms with van der Waals surface area (Å²) in [5.74, 6) is -0.541. The van der Waals surface area contributed by atoms with Crippen molar-refractivity contribution >= 4 is 23.3 Å². The Morgan fingerprint density at radius 3 is 1.25 bits per heavy atom. The van der Waals surface area contributed by atoms with Crippen LogP contribution in [0.15, 0.2) is 12.1 Å². The minimum absolute atomic E-state index is 0.0598. The van der Waals surface area contributed by atoms with E-state index in [1.54, 1.807) is 0 Å². The first-order valence-corrected chi connectivity index (χ1v) is 15.2. The molecule has 0 heterocycles. The summed E-state index contributed by atoms with van der Waals surface area (Å²) in [5, 5.41) is 23.2. The molecule has 1 aromatic carbocycles. The second kappa shape index (κ2) is 16.9. The fourth-order valence-electron chi connectivity index (χ4n) is 4.97. The average molecular weight is 561 g/mol. The van der Waals surface area contributed by atoms with Crippen molar-refractivity contribution in [3.63, 3.8) is 0 Å². The number of nitrogens with zero attached hydrogens (tertiary/aromatic N) is 2. The number of carbonyl (C=O) groups excluding carboxylic acids is 2. The molecule has 0 aliphatic heterocycles. The summed E-state index contributed by atoms with van der Waals surface area (Å²) in [7, 11) is 0. The molecule has 1 aromatic rings. The van der Waals surface area contributed by atoms with Gasteiger partial charge in [0.1, 0.15) is 0 Å². The van der Waals surface area contributed by atoms with E-state index in [1.807, 2.05) is 0 Å². The monoisotopic (exact) mass is 560 g/mol. The Labute approximate surface area is 236 Å². The highest BCUT2D eigenvalue weighted by atomic mass is 16.6. The predicted molar refractivity (Wildman–Crippen MR) is 150 cm³/mol. The number of nitro benzene ring substituents is 2. The fraction of sp³-hybridized carbons (Fsp3) is 0.733. The van der Waals surface area contributed by atoms with Crippen molar-refractivity contribution in [1.82, 2.24) is 0 Å². The Kier molecular flexibility index (Phi) is 13.3. The lowest BCUT2D eigenvalue weighted by molar-refractivity contribution is -0.390. The zero-order valence-corrected chi connectivity index (χ0v) is 23.6. The van der Waals surface area contributed by atoms with Crippen LogP contribution in [0.2, 0.25) is 0 Å². The molecule has 0 unspecified atom stereocenters. The molecule has 0 atom stereocenters. The van der Waals surface area contributed by atoms with Crippen LogP contribution in [0, 0.1) is 32.1 Å². The molecule has 10 heteroatoms. The number of hydrogen-bond donors (Lipinski definition) is 0. The van der Waals surface area contributed by atoms with Crippen molar-refractivity contribution in [2.75, 3.05) is 0 Å². The van der Waals surface area contributed by atoms with Gasteiger partial charge in [-0.05, 0) is 24.7 Å². The summed E-state index contributed by atoms with van der Waals surface area (Å²) in [6.45, 7) is 0. The summed E-state index contributed by atoms with van der Waals surface area (Å²) < 4.78 is 10.3. The van der Waals surface area contributed by atoms with E-state index < -0.39 is 44.7 Å². The number of nitro groups is 2. The molecular formula is C30H44N2O8. The van der Waals surface area contributed by atoms with Gasteiger partial charge in [0.15, 0.2) is 0 Å². The molecule has 0 saturated heterocycles. The summed E-state index contributed by atoms with van der Waals surface area (Å²) in [6.07, 6.45) is 20.2. The molecule has 2 aliphatic rings. The van der Waals surface area contributed by atoms with Crippen LogP contribution >= 0.6 is 0 Å². The summed E-state index contributed by atoms with van der Waals surface area (Å²) >= 11 is 0. The quantitative estimate of drug-likeness (QED) is 0.0453. The minimum Gasteiger partial charge on any atom is -0.419 e. The molecule has 0 bridgehead atoms. The van der Waals surface area contributed by atoms with Crippen molar-refractivity contribution in [2.45, 2.75) is 128 Å². The van der Waals surface area contributed by atoms with Gasteiger partial charge >= 0.3 is 23.3 Å². The highest BCUT2D eigenvalue weighted by Gasteiger charge is 2.29. The van der Waals surface area contributed by atoms with E-state index in [4.69, 9.17) is 9.47 Å². The van der Waals surface area contributed by atoms with Gasteiger partial charge in [-0.3, -0.25) is 29.8 Å². The van der Waals surface area contributed by atoms with Crippen molar-refractivity contribution in [2.24, 2.45) is 11.8 Å². The third-order valence-corrected chi connectivity index (χ3v) is 7.76. The molecular weight excluding hydrogens is 516 g/mol. The second-order valence-corrected chi connectivity index (χ2v) is 11.5. The first kappa shape index (κ1) is 31.5. The number of carbonyl (C=O) groups is 2. The molecule has 222 valence electrons. The second-order valence-electron chi connectivity index (χ2n) is 11.5. The number of unbranched alkanes of at least 4 members (excludes halogenated alkanes) is 10. The Balaban J connectivity index is 1.41. The highest BCUT2D eigenvalue weighted by Crippen LogP contribution is 2.40. The van der Waals surface area contributed by atoms with E-state index in [-0.39, 0.29) is 12.8 Å². The van der Waals surface area contributed by atoms with Crippen molar-refractivity contribution in [3.05, 3.63) is 32.4 Å². The maximum atomic E-state index is 12.3. The normalized spacial score (nSPS) is 14.6. The lowest BCUT2D eigenvalue weighted by atomic mass is 10.1. The predicted octanol–water partition coefficient (Wildman–Crippen LogP) is 8.38. The molecule has 2 fully saturated rings. The van der Waals surface area contributed by atoms with Crippen LogP contribution in [0.5, 0.6) is 11.5 Å². The summed E-state index contributed by atoms with van der Waals surface area (Å²) in [4.78, 5) is 46.2. The fourth-order valence-corrected chi connectivity index (χ4v) is 4.97. The van der Waals surface area contributed by atoms with Gasteiger partial charge in [-0.2, -0.15) is 0 Å². The van der Waals surface area contributed by atoms with Gasteiger partial charge in [0.25, 0.3) is 0 Å². The minimum atomic E-state index is -0.811. The van der Waals surface area contributed by atoms with Crippen LogP contribution in [0.1, 0.15) is 128 Å². The first-order chi connectivity index (χ1) is 19.3. The molecule has 2 saturated carbocycles. The van der Waals surface area contributed by atoms with Gasteiger partial charge in [-0.25, -0.2) is 0 Å². The third-order valence-electron chi connectivity index (χ3n) is 7.76. The first-order valence-electron chi connectivity index (χ1n) is 15.2. The highest BCUT2D eigenvalue weighted by molar-refractivity contribution is 5.77. The van der Waals surface area contributed by atoms with E-state index in [2.05, 4.69) is 0 Å². The van der Waals surface area contributed by atoms with Crippen LogP contribution < -0.4 is 9.47 Å². The van der Waals surface area contributed by atoms with Gasteiger partial charge in [0.05, 0.1) is 22.0 Å². The summed E-state index contributed by atoms with van der Waals surface area (Å²) in [5.41, 5.74) is -1.33. The van der Waals surface area contributed by atoms with Crippen LogP contribution in [0.4, 0.5) is 11.4 Å². The van der Waals surface area contributed by atoms with Crippen LogP contribution in [0.3, 0.4) is 0 Å². The molecule has 0 radical (unpaired) electrons. The Bertz CT molecular complexity index is 924. The number of hydrogen-bond acceptors (Lipinski definition) is 8. The van der Waals surface area contributed by atoms with Gasteiger partial charge in [0, 0.05) is 12.8 Å². The molecule has 0 N–H and O–H groups in total. The lowest BCUT2D eigenvalue weighted by Crippen LogP contribution is -2.12. The number of rotatable bonds is 22. The molecule has 0 spiro atoms. The maximum absolute atomic E-state index is 12.3. The number of ether oxygens (including phenoxy) is 2. The van der Waals surface area contributed by atoms with Crippen LogP contribution in [0.25, 0.3) is 0 Å². The van der Waals surface area contributed by atoms with Crippen LogP contribution in [-0.2, 0) is 9.59 Å². The molecule has 10 nitrogen and oxygen atoms in total. The SMILES string of the molecule is O=C(CCCCCCCCC1CC1)Oc1cc([N+](=O)[O-])c(OC(=O)CCCCCCCCC2CC2)cc1[N+](=O)[O-]. The largest absolute Gasteiger partial charge is 0.419 e. The molecule has 3 rings (SSSR count). The van der Waals surface area contributed by atoms with E-state index in [0.29, 0.717) is 12.8 Å². The topological polar surface area (TPSA) is 139 Å². The van der Waals surface area contributed by atoms with Crippen molar-refractivity contribution in [3.8, 4) is 11.5 Å². The van der Waals surface area contributed by atoms with E-state index in [1.165, 1.54) is 64.2 Å². The zero-order chi connectivity index (χ0) is 28.7. The molecule has 40 heavy (non-hydrogen) atoms. The standard InChI is InChI=1S/C30H44N2O8/c33-29(15-11-7-3-1-5-9-13-23-17-18-23)39-27-21-26(32(37)38)28(22-25(27)31(35)36)40-30(34)16-12-8-4-2-6-10-14-24-19-20-24/h21-24H,1-20H2. The van der Waals surface area contributed by atoms with E-state index in [0.717, 1.165) is 62.5 Å². The Hall–Kier alpha value is -3.04. The van der Waals surface area contributed by atoms with Crippen molar-refractivity contribution < 1.29 is 28.9 Å². The third kappa shape index (κ3) is 12.4. The average Bonchev–Trinajstić information content (AvgIpc) is 3.83. The van der Waals surface area contributed by atoms with E-state index >= 15 is 0 Å². The van der Waals surface area contributed by atoms with Crippen molar-refractivity contribution in [1.29, 1.82) is 0 Å². The number of benzene rings is 1. The molecule has 0 aromatic heterocycles. The maximum Gasteiger partial charge on any atom is 0.315 e. The zero-order valence-electron chi connectivity index (χ0n) is 23.6. The van der Waals surface area contributed by atoms with E-state index in [9.17, 15) is 29.8 Å². The Morgan fingerprint density at radius 2 is 0.925 bits per heavy atom. The lowest BCUT2D eigenvalue weighted by Gasteiger charge is -2.09. The Morgan fingerprint density at radius 1 is 0.600 bits per heavy atom. The van der Waals surface area contributed by atoms with Gasteiger partial charge in [-0.15, -0.1) is 0 Å². The van der Waals surface area contributed by atoms with Gasteiger partial charge in [0.2, 0.25) is 11.5 Å². The molecule has 2 aliphatic carbocycles. The smallest absolute Gasteiger partial charge is 0.315 e. The summed E-state index contributed by atoms with van der Waals surface area (Å²) in [6, 6.07) is 1.58. The number of esters is 2. The molecule has 0 amide bonds.